The highest BCUT2D eigenvalue weighted by atomic mass is 16.2. The number of likely N-dealkylation sites (N-methyl/N-ethyl adjacent to an activating group) is 1. The number of rotatable bonds is 11. The zero-order valence-corrected chi connectivity index (χ0v) is 15.3. The van der Waals surface area contributed by atoms with E-state index in [4.69, 9.17) is 11.5 Å². The lowest BCUT2D eigenvalue weighted by Crippen LogP contribution is -2.58. The minimum Gasteiger partial charge on any atom is -0.369 e. The van der Waals surface area contributed by atoms with E-state index in [9.17, 15) is 19.2 Å². The molecule has 0 aromatic rings. The largest absolute Gasteiger partial charge is 0.369 e. The summed E-state index contributed by atoms with van der Waals surface area (Å²) >= 11 is 0. The van der Waals surface area contributed by atoms with Crippen molar-refractivity contribution in [2.75, 3.05) is 26.7 Å². The monoisotopic (exact) mass is 364 g/mol. The molecule has 2 rings (SSSR count). The standard InChI is InChI=1S/C18H28N4O4/c1-21(11-12-22-14(23)6-7-15(22)24)10-4-2-3-5-13-8-9-18(13,16(19)25)17(20)26/h6-7,13H,2-5,8-12H2,1H3,(H2,19,25)(H2,20,26). The molecule has 4 amide bonds. The van der Waals surface area contributed by atoms with Gasteiger partial charge < -0.3 is 16.4 Å². The number of carbonyl (C=O) groups is 4. The van der Waals surface area contributed by atoms with E-state index in [-0.39, 0.29) is 17.7 Å². The molecule has 1 saturated carbocycles. The fraction of sp³-hybridized carbons (Fsp3) is 0.667. The zero-order valence-electron chi connectivity index (χ0n) is 15.3. The predicted octanol–water partition coefficient (Wildman–Crippen LogP) is -0.229. The molecule has 1 atom stereocenters. The first-order valence-corrected chi connectivity index (χ1v) is 9.11. The summed E-state index contributed by atoms with van der Waals surface area (Å²) in [6.07, 6.45) is 7.49. The summed E-state index contributed by atoms with van der Waals surface area (Å²) < 4.78 is 0. The van der Waals surface area contributed by atoms with Crippen LogP contribution in [0.2, 0.25) is 0 Å². The van der Waals surface area contributed by atoms with E-state index in [0.29, 0.717) is 19.5 Å². The molecule has 0 radical (unpaired) electrons. The van der Waals surface area contributed by atoms with Crippen LogP contribution in [0, 0.1) is 11.3 Å². The van der Waals surface area contributed by atoms with Gasteiger partial charge in [0.05, 0.1) is 0 Å². The molecule has 1 fully saturated rings. The van der Waals surface area contributed by atoms with Crippen molar-refractivity contribution in [1.82, 2.24) is 9.80 Å². The summed E-state index contributed by atoms with van der Waals surface area (Å²) in [6, 6.07) is 0. The summed E-state index contributed by atoms with van der Waals surface area (Å²) in [7, 11) is 1.95. The van der Waals surface area contributed by atoms with Crippen LogP contribution >= 0.6 is 0 Å². The number of hydrogen-bond acceptors (Lipinski definition) is 5. The van der Waals surface area contributed by atoms with Gasteiger partial charge in [-0.05, 0) is 45.2 Å². The third kappa shape index (κ3) is 4.12. The molecule has 2 aliphatic rings. The fourth-order valence-corrected chi connectivity index (χ4v) is 3.78. The first-order chi connectivity index (χ1) is 12.3. The van der Waals surface area contributed by atoms with Crippen molar-refractivity contribution in [1.29, 1.82) is 0 Å². The smallest absolute Gasteiger partial charge is 0.253 e. The van der Waals surface area contributed by atoms with Gasteiger partial charge in [-0.2, -0.15) is 0 Å². The highest BCUT2D eigenvalue weighted by Crippen LogP contribution is 2.49. The van der Waals surface area contributed by atoms with Gasteiger partial charge in [-0.15, -0.1) is 0 Å². The first-order valence-electron chi connectivity index (χ1n) is 9.11. The minimum atomic E-state index is -1.14. The van der Waals surface area contributed by atoms with Crippen LogP contribution in [0.3, 0.4) is 0 Å². The number of amides is 4. The quantitative estimate of drug-likeness (QED) is 0.297. The molecule has 0 aromatic carbocycles. The lowest BCUT2D eigenvalue weighted by atomic mass is 9.57. The van der Waals surface area contributed by atoms with Crippen LogP contribution in [-0.4, -0.2) is 60.1 Å². The SMILES string of the molecule is CN(CCCCCC1CCC1(C(N)=O)C(N)=O)CCN1C(=O)C=CC1=O. The van der Waals surface area contributed by atoms with Crippen LogP contribution in [0.1, 0.15) is 38.5 Å². The van der Waals surface area contributed by atoms with Crippen LogP contribution in [0.5, 0.6) is 0 Å². The maximum absolute atomic E-state index is 11.6. The maximum atomic E-state index is 11.6. The number of nitrogens with two attached hydrogens (primary N) is 2. The van der Waals surface area contributed by atoms with Gasteiger partial charge in [0.1, 0.15) is 5.41 Å². The summed E-state index contributed by atoms with van der Waals surface area (Å²) in [4.78, 5) is 49.5. The molecule has 26 heavy (non-hydrogen) atoms. The van der Waals surface area contributed by atoms with Gasteiger partial charge in [0.25, 0.3) is 11.8 Å². The van der Waals surface area contributed by atoms with Gasteiger partial charge in [0.2, 0.25) is 11.8 Å². The number of hydrogen-bond donors (Lipinski definition) is 2. The normalized spacial score (nSPS) is 21.3. The van der Waals surface area contributed by atoms with Crippen LogP contribution in [0.15, 0.2) is 12.2 Å². The first kappa shape index (κ1) is 20.1. The van der Waals surface area contributed by atoms with Crippen molar-refractivity contribution in [3.8, 4) is 0 Å². The van der Waals surface area contributed by atoms with E-state index in [1.165, 1.54) is 17.1 Å². The van der Waals surface area contributed by atoms with Crippen molar-refractivity contribution in [3.63, 3.8) is 0 Å². The summed E-state index contributed by atoms with van der Waals surface area (Å²) in [5, 5.41) is 0. The van der Waals surface area contributed by atoms with E-state index in [2.05, 4.69) is 4.90 Å². The number of nitrogens with zero attached hydrogens (tertiary/aromatic N) is 2. The van der Waals surface area contributed by atoms with Gasteiger partial charge >= 0.3 is 0 Å². The molecule has 0 bridgehead atoms. The molecule has 1 unspecified atom stereocenters. The van der Waals surface area contributed by atoms with Crippen LogP contribution < -0.4 is 11.5 Å². The van der Waals surface area contributed by atoms with Crippen LogP contribution in [-0.2, 0) is 19.2 Å². The second kappa shape index (κ2) is 8.44. The van der Waals surface area contributed by atoms with Gasteiger partial charge in [-0.25, -0.2) is 0 Å². The number of primary amides is 2. The Bertz CT molecular complexity index is 584. The maximum Gasteiger partial charge on any atom is 0.253 e. The Morgan fingerprint density at radius 1 is 1.12 bits per heavy atom. The molecule has 8 heteroatoms. The lowest BCUT2D eigenvalue weighted by Gasteiger charge is -2.44. The van der Waals surface area contributed by atoms with Gasteiger partial charge in [-0.3, -0.25) is 24.1 Å². The van der Waals surface area contributed by atoms with E-state index in [1.807, 2.05) is 7.05 Å². The van der Waals surface area contributed by atoms with Gasteiger partial charge in [0, 0.05) is 25.2 Å². The Balaban J connectivity index is 1.60. The van der Waals surface area contributed by atoms with Crippen LogP contribution in [0.25, 0.3) is 0 Å². The molecule has 8 nitrogen and oxygen atoms in total. The number of carbonyl (C=O) groups excluding carboxylic acids is 4. The van der Waals surface area contributed by atoms with Gasteiger partial charge in [-0.1, -0.05) is 12.8 Å². The lowest BCUT2D eigenvalue weighted by molar-refractivity contribution is -0.152. The Morgan fingerprint density at radius 3 is 2.23 bits per heavy atom. The molecular weight excluding hydrogens is 336 g/mol. The van der Waals surface area contributed by atoms with E-state index in [1.54, 1.807) is 0 Å². The molecule has 144 valence electrons. The molecule has 1 aliphatic carbocycles. The Morgan fingerprint density at radius 2 is 1.73 bits per heavy atom. The van der Waals surface area contributed by atoms with Crippen LogP contribution in [0.4, 0.5) is 0 Å². The molecule has 0 spiro atoms. The number of unbranched alkanes of at least 4 members (excludes halogenated alkanes) is 2. The van der Waals surface area contributed by atoms with Crippen molar-refractivity contribution >= 4 is 23.6 Å². The van der Waals surface area contributed by atoms with Crippen molar-refractivity contribution < 1.29 is 19.2 Å². The Kier molecular flexibility index (Phi) is 6.52. The zero-order chi connectivity index (χ0) is 19.3. The van der Waals surface area contributed by atoms with E-state index in [0.717, 1.165) is 38.6 Å². The Hall–Kier alpha value is -2.22. The fourth-order valence-electron chi connectivity index (χ4n) is 3.78. The summed E-state index contributed by atoms with van der Waals surface area (Å²) in [5.41, 5.74) is 9.65. The topological polar surface area (TPSA) is 127 Å². The molecule has 1 heterocycles. The summed E-state index contributed by atoms with van der Waals surface area (Å²) in [5.74, 6) is -1.73. The van der Waals surface area contributed by atoms with E-state index >= 15 is 0 Å². The highest BCUT2D eigenvalue weighted by Gasteiger charge is 2.55. The third-order valence-electron chi connectivity index (χ3n) is 5.66. The third-order valence-corrected chi connectivity index (χ3v) is 5.66. The van der Waals surface area contributed by atoms with E-state index < -0.39 is 17.2 Å². The molecular formula is C18H28N4O4. The van der Waals surface area contributed by atoms with Crippen molar-refractivity contribution in [3.05, 3.63) is 12.2 Å². The number of imide groups is 1. The molecule has 0 aromatic heterocycles. The minimum absolute atomic E-state index is 0.0325. The average Bonchev–Trinajstić information content (AvgIpc) is 2.85. The second-order valence-corrected chi connectivity index (χ2v) is 7.25. The molecule has 4 N–H and O–H groups in total. The Labute approximate surface area is 153 Å². The molecule has 0 saturated heterocycles. The van der Waals surface area contributed by atoms with Crippen molar-refractivity contribution in [2.45, 2.75) is 38.5 Å². The second-order valence-electron chi connectivity index (χ2n) is 7.25. The predicted molar refractivity (Wildman–Crippen MR) is 95.4 cm³/mol. The van der Waals surface area contributed by atoms with Crippen molar-refractivity contribution in [2.24, 2.45) is 22.8 Å². The van der Waals surface area contributed by atoms with Gasteiger partial charge in [0.15, 0.2) is 0 Å². The summed E-state index contributed by atoms with van der Waals surface area (Å²) in [6.45, 7) is 1.88. The molecule has 1 aliphatic heterocycles. The highest BCUT2D eigenvalue weighted by molar-refractivity contribution is 6.12. The average molecular weight is 364 g/mol.